The topological polar surface area (TPSA) is 42.0 Å². The summed E-state index contributed by atoms with van der Waals surface area (Å²) in [5.41, 5.74) is 1.37. The number of halogens is 1. The molecular formula is C26H33FN2O3. The molecule has 2 aromatic rings. The first-order valence-electron chi connectivity index (χ1n) is 11.6. The summed E-state index contributed by atoms with van der Waals surface area (Å²) in [7, 11) is 1.77. The zero-order valence-corrected chi connectivity index (χ0v) is 18.8. The molecule has 1 saturated heterocycles. The van der Waals surface area contributed by atoms with E-state index in [1.165, 1.54) is 6.07 Å². The lowest BCUT2D eigenvalue weighted by Crippen LogP contribution is -2.46. The molecule has 0 saturated carbocycles. The van der Waals surface area contributed by atoms with Gasteiger partial charge in [-0.1, -0.05) is 30.7 Å². The molecular weight excluding hydrogens is 407 g/mol. The fourth-order valence-electron chi connectivity index (χ4n) is 4.86. The van der Waals surface area contributed by atoms with Gasteiger partial charge in [-0.15, -0.1) is 0 Å². The normalized spacial score (nSPS) is 23.2. The molecule has 0 radical (unpaired) electrons. The molecule has 2 atom stereocenters. The van der Waals surface area contributed by atoms with Gasteiger partial charge in [-0.25, -0.2) is 4.39 Å². The summed E-state index contributed by atoms with van der Waals surface area (Å²) in [5, 5.41) is 0. The SMILES string of the molecule is CO[C@@H]1CCN2C[C@@H]1CCCCN(Cc1ccccc1F)CCOc1cccc(c1)C2=O. The molecule has 1 amide bonds. The van der Waals surface area contributed by atoms with E-state index in [0.29, 0.717) is 42.5 Å². The van der Waals surface area contributed by atoms with Gasteiger partial charge in [0.25, 0.3) is 5.91 Å². The van der Waals surface area contributed by atoms with Crippen LogP contribution in [-0.4, -0.2) is 61.7 Å². The van der Waals surface area contributed by atoms with Crippen molar-refractivity contribution in [2.24, 2.45) is 5.92 Å². The second-order valence-corrected chi connectivity index (χ2v) is 8.81. The highest BCUT2D eigenvalue weighted by Crippen LogP contribution is 2.27. The molecule has 1 fully saturated rings. The van der Waals surface area contributed by atoms with Crippen LogP contribution < -0.4 is 4.74 Å². The van der Waals surface area contributed by atoms with E-state index in [4.69, 9.17) is 9.47 Å². The minimum Gasteiger partial charge on any atom is -0.492 e. The maximum Gasteiger partial charge on any atom is 0.254 e. The van der Waals surface area contributed by atoms with E-state index in [1.807, 2.05) is 41.3 Å². The highest BCUT2D eigenvalue weighted by Gasteiger charge is 2.31. The van der Waals surface area contributed by atoms with Gasteiger partial charge in [-0.2, -0.15) is 0 Å². The van der Waals surface area contributed by atoms with E-state index in [-0.39, 0.29) is 17.8 Å². The van der Waals surface area contributed by atoms with E-state index in [1.54, 1.807) is 13.2 Å². The van der Waals surface area contributed by atoms with Crippen molar-refractivity contribution in [2.45, 2.75) is 38.3 Å². The lowest BCUT2D eigenvalue weighted by molar-refractivity contribution is -0.00677. The first kappa shape index (κ1) is 22.7. The van der Waals surface area contributed by atoms with E-state index in [9.17, 15) is 9.18 Å². The highest BCUT2D eigenvalue weighted by molar-refractivity contribution is 5.94. The monoisotopic (exact) mass is 440 g/mol. The number of hydrogen-bond donors (Lipinski definition) is 0. The van der Waals surface area contributed by atoms with Gasteiger partial charge < -0.3 is 14.4 Å². The van der Waals surface area contributed by atoms with Crippen LogP contribution in [-0.2, 0) is 11.3 Å². The van der Waals surface area contributed by atoms with Crippen LogP contribution in [0.25, 0.3) is 0 Å². The standard InChI is InChI=1S/C26H33FN2O3/c1-31-25-12-14-29-19-22(25)8-4-5-13-28(18-21-7-2-3-11-24(21)27)15-16-32-23-10-6-9-20(17-23)26(29)30/h2-3,6-7,9-11,17,22,25H,4-5,8,12-16,18-19H2,1H3/t22-,25+/m0/s1. The molecule has 32 heavy (non-hydrogen) atoms. The van der Waals surface area contributed by atoms with Crippen molar-refractivity contribution in [2.75, 3.05) is 39.9 Å². The third-order valence-corrected chi connectivity index (χ3v) is 6.66. The Morgan fingerprint density at radius 3 is 2.78 bits per heavy atom. The van der Waals surface area contributed by atoms with Crippen molar-refractivity contribution >= 4 is 5.91 Å². The smallest absolute Gasteiger partial charge is 0.254 e. The summed E-state index contributed by atoms with van der Waals surface area (Å²) < 4.78 is 26.0. The Morgan fingerprint density at radius 2 is 1.94 bits per heavy atom. The van der Waals surface area contributed by atoms with Crippen molar-refractivity contribution < 1.29 is 18.7 Å². The number of fused-ring (bicyclic) bond motifs is 4. The second kappa shape index (κ2) is 10.9. The average molecular weight is 441 g/mol. The number of ether oxygens (including phenoxy) is 2. The maximum atomic E-state index is 14.2. The molecule has 5 nitrogen and oxygen atoms in total. The van der Waals surface area contributed by atoms with E-state index < -0.39 is 0 Å². The van der Waals surface area contributed by atoms with Crippen LogP contribution in [0, 0.1) is 11.7 Å². The summed E-state index contributed by atoms with van der Waals surface area (Å²) in [6.45, 7) is 4.07. The minimum absolute atomic E-state index is 0.0612. The molecule has 4 bridgehead atoms. The van der Waals surface area contributed by atoms with Gasteiger partial charge in [0, 0.05) is 50.3 Å². The Morgan fingerprint density at radius 1 is 1.06 bits per heavy atom. The number of piperidine rings is 1. The molecule has 2 aromatic carbocycles. The van der Waals surface area contributed by atoms with Crippen LogP contribution in [0.4, 0.5) is 4.39 Å². The van der Waals surface area contributed by atoms with Crippen molar-refractivity contribution in [3.8, 4) is 5.75 Å². The fraction of sp³-hybridized carbons (Fsp3) is 0.500. The highest BCUT2D eigenvalue weighted by atomic mass is 19.1. The lowest BCUT2D eigenvalue weighted by atomic mass is 9.89. The molecule has 6 heteroatoms. The molecule has 172 valence electrons. The Balaban J connectivity index is 1.51. The minimum atomic E-state index is -0.166. The Hall–Kier alpha value is -2.44. The predicted molar refractivity (Wildman–Crippen MR) is 122 cm³/mol. The summed E-state index contributed by atoms with van der Waals surface area (Å²) in [4.78, 5) is 17.3. The van der Waals surface area contributed by atoms with Gasteiger partial charge in [-0.3, -0.25) is 9.69 Å². The summed E-state index contributed by atoms with van der Waals surface area (Å²) in [5.74, 6) is 0.925. The number of nitrogens with zero attached hydrogens (tertiary/aromatic N) is 2. The molecule has 4 rings (SSSR count). The van der Waals surface area contributed by atoms with Crippen molar-refractivity contribution in [3.05, 3.63) is 65.5 Å². The maximum absolute atomic E-state index is 14.2. The quantitative estimate of drug-likeness (QED) is 0.711. The van der Waals surface area contributed by atoms with Crippen LogP contribution in [0.1, 0.15) is 41.6 Å². The van der Waals surface area contributed by atoms with Crippen LogP contribution in [0.5, 0.6) is 5.75 Å². The van der Waals surface area contributed by atoms with Gasteiger partial charge >= 0.3 is 0 Å². The number of carbonyl (C=O) groups is 1. The number of carbonyl (C=O) groups excluding carboxylic acids is 1. The van der Waals surface area contributed by atoms with Crippen molar-refractivity contribution in [1.82, 2.24) is 9.80 Å². The fourth-order valence-corrected chi connectivity index (χ4v) is 4.86. The number of amides is 1. The van der Waals surface area contributed by atoms with Gasteiger partial charge in [0.15, 0.2) is 0 Å². The van der Waals surface area contributed by atoms with Gasteiger partial charge in [0.05, 0.1) is 6.10 Å². The first-order valence-corrected chi connectivity index (χ1v) is 11.6. The van der Waals surface area contributed by atoms with Crippen molar-refractivity contribution in [1.29, 1.82) is 0 Å². The summed E-state index contributed by atoms with van der Waals surface area (Å²) >= 11 is 0. The van der Waals surface area contributed by atoms with Crippen molar-refractivity contribution in [3.63, 3.8) is 0 Å². The molecule has 0 aliphatic carbocycles. The van der Waals surface area contributed by atoms with Gasteiger partial charge in [0.2, 0.25) is 0 Å². The van der Waals surface area contributed by atoms with Gasteiger partial charge in [-0.05, 0) is 50.1 Å². The number of hydrogen-bond acceptors (Lipinski definition) is 4. The zero-order valence-electron chi connectivity index (χ0n) is 18.8. The largest absolute Gasteiger partial charge is 0.492 e. The van der Waals surface area contributed by atoms with Crippen LogP contribution >= 0.6 is 0 Å². The summed E-state index contributed by atoms with van der Waals surface area (Å²) in [6, 6.07) is 14.4. The third-order valence-electron chi connectivity index (χ3n) is 6.66. The first-order chi connectivity index (χ1) is 15.6. The average Bonchev–Trinajstić information content (AvgIpc) is 2.82. The number of benzene rings is 2. The Bertz CT molecular complexity index is 906. The van der Waals surface area contributed by atoms with Crippen LogP contribution in [0.3, 0.4) is 0 Å². The molecule has 0 unspecified atom stereocenters. The van der Waals surface area contributed by atoms with Gasteiger partial charge in [0.1, 0.15) is 18.2 Å². The van der Waals surface area contributed by atoms with E-state index in [2.05, 4.69) is 4.90 Å². The van der Waals surface area contributed by atoms with Crippen LogP contribution in [0.15, 0.2) is 48.5 Å². The summed E-state index contributed by atoms with van der Waals surface area (Å²) in [6.07, 6.45) is 4.14. The molecule has 0 aromatic heterocycles. The van der Waals surface area contributed by atoms with Crippen LogP contribution in [0.2, 0.25) is 0 Å². The third kappa shape index (κ3) is 5.67. The lowest BCUT2D eigenvalue weighted by Gasteiger charge is -2.38. The zero-order chi connectivity index (χ0) is 22.3. The van der Waals surface area contributed by atoms with E-state index >= 15 is 0 Å². The molecule has 0 spiro atoms. The molecule has 0 N–H and O–H groups in total. The molecule has 2 heterocycles. The Kier molecular flexibility index (Phi) is 7.76. The number of rotatable bonds is 3. The molecule has 2 aliphatic rings. The number of methoxy groups -OCH3 is 1. The molecule has 2 aliphatic heterocycles. The van der Waals surface area contributed by atoms with E-state index in [0.717, 1.165) is 45.3 Å². The second-order valence-electron chi connectivity index (χ2n) is 8.81. The Labute approximate surface area is 190 Å². The predicted octanol–water partition coefficient (Wildman–Crippen LogP) is 4.37.